The number of hydrogen-bond acceptors (Lipinski definition) is 8. The van der Waals surface area contributed by atoms with Gasteiger partial charge in [0.25, 0.3) is 17.4 Å². The minimum Gasteiger partial charge on any atom is -0.507 e. The van der Waals surface area contributed by atoms with Crippen molar-refractivity contribution in [1.82, 2.24) is 4.98 Å². The van der Waals surface area contributed by atoms with Gasteiger partial charge in [-0.05, 0) is 48.0 Å². The quantitative estimate of drug-likeness (QED) is 0.170. The zero-order valence-corrected chi connectivity index (χ0v) is 17.2. The van der Waals surface area contributed by atoms with Gasteiger partial charge in [0.2, 0.25) is 0 Å². The largest absolute Gasteiger partial charge is 0.507 e. The number of carbonyl (C=O) groups is 3. The van der Waals surface area contributed by atoms with E-state index in [0.717, 1.165) is 17.0 Å². The predicted molar refractivity (Wildman–Crippen MR) is 117 cm³/mol. The van der Waals surface area contributed by atoms with Crippen molar-refractivity contribution in [3.63, 3.8) is 0 Å². The molecule has 1 aromatic heterocycles. The van der Waals surface area contributed by atoms with Crippen molar-refractivity contribution < 1.29 is 34.6 Å². The lowest BCUT2D eigenvalue weighted by molar-refractivity contribution is -0.384. The normalized spacial score (nSPS) is 17.1. The Morgan fingerprint density at radius 3 is 2.32 bits per heavy atom. The van der Waals surface area contributed by atoms with Crippen molar-refractivity contribution in [1.29, 1.82) is 0 Å². The number of carbonyl (C=O) groups excluding carboxylic acids is 2. The van der Waals surface area contributed by atoms with Gasteiger partial charge in [-0.1, -0.05) is 6.07 Å². The van der Waals surface area contributed by atoms with Crippen LogP contribution in [0.1, 0.15) is 27.7 Å². The van der Waals surface area contributed by atoms with E-state index >= 15 is 0 Å². The molecule has 1 fully saturated rings. The Hall–Kier alpha value is -5.06. The molecule has 3 N–H and O–H groups in total. The molecule has 0 bridgehead atoms. The SMILES string of the molecule is O=C1C(=O)N(c2ccc(O)c(C(=O)O)c2)C(c2ccc([N+](=O)[O-])cc2)/C1=C(/O)c1ccccn1. The smallest absolute Gasteiger partial charge is 0.339 e. The number of rotatable bonds is 5. The van der Waals surface area contributed by atoms with Gasteiger partial charge in [-0.25, -0.2) is 4.79 Å². The molecule has 11 heteroatoms. The maximum Gasteiger partial charge on any atom is 0.339 e. The average molecular weight is 461 g/mol. The number of anilines is 1. The van der Waals surface area contributed by atoms with Gasteiger partial charge in [0.05, 0.1) is 16.5 Å². The van der Waals surface area contributed by atoms with Gasteiger partial charge in [-0.3, -0.25) is 29.6 Å². The molecule has 170 valence electrons. The third-order valence-electron chi connectivity index (χ3n) is 5.26. The molecular weight excluding hydrogens is 446 g/mol. The summed E-state index contributed by atoms with van der Waals surface area (Å²) in [6, 6.07) is 11.7. The Labute approximate surface area is 191 Å². The van der Waals surface area contributed by atoms with Crippen molar-refractivity contribution in [3.8, 4) is 5.75 Å². The second-order valence-electron chi connectivity index (χ2n) is 7.24. The zero-order valence-electron chi connectivity index (χ0n) is 17.2. The lowest BCUT2D eigenvalue weighted by Gasteiger charge is -2.25. The van der Waals surface area contributed by atoms with Crippen LogP contribution < -0.4 is 4.90 Å². The van der Waals surface area contributed by atoms with Gasteiger partial charge in [-0.2, -0.15) is 0 Å². The number of benzene rings is 2. The van der Waals surface area contributed by atoms with Crippen molar-refractivity contribution in [3.05, 3.63) is 99.4 Å². The summed E-state index contributed by atoms with van der Waals surface area (Å²) >= 11 is 0. The second kappa shape index (κ2) is 8.47. The Balaban J connectivity index is 1.96. The number of aliphatic hydroxyl groups is 1. The number of carboxylic acid groups (broad SMARTS) is 1. The van der Waals surface area contributed by atoms with Crippen LogP contribution in [0.4, 0.5) is 11.4 Å². The fourth-order valence-electron chi connectivity index (χ4n) is 3.68. The number of Topliss-reactive ketones (excluding diaryl/α,β-unsaturated/α-hetero) is 1. The number of aromatic carboxylic acids is 1. The highest BCUT2D eigenvalue weighted by Crippen LogP contribution is 2.43. The summed E-state index contributed by atoms with van der Waals surface area (Å²) in [5.74, 6) is -4.70. The number of ketones is 1. The van der Waals surface area contributed by atoms with E-state index in [-0.39, 0.29) is 28.2 Å². The number of carboxylic acids is 1. The molecule has 34 heavy (non-hydrogen) atoms. The summed E-state index contributed by atoms with van der Waals surface area (Å²) in [5, 5.41) is 41.2. The topological polar surface area (TPSA) is 171 Å². The maximum atomic E-state index is 13.1. The molecule has 1 unspecified atom stereocenters. The summed E-state index contributed by atoms with van der Waals surface area (Å²) in [6.07, 6.45) is 1.38. The molecule has 0 aliphatic carbocycles. The summed E-state index contributed by atoms with van der Waals surface area (Å²) in [7, 11) is 0. The molecule has 0 spiro atoms. The summed E-state index contributed by atoms with van der Waals surface area (Å²) in [4.78, 5) is 53.0. The number of pyridine rings is 1. The average Bonchev–Trinajstić information content (AvgIpc) is 3.10. The Kier molecular flexibility index (Phi) is 5.51. The Bertz CT molecular complexity index is 1370. The third-order valence-corrected chi connectivity index (χ3v) is 5.26. The molecule has 2 heterocycles. The summed E-state index contributed by atoms with van der Waals surface area (Å²) in [5.41, 5.74) is -0.852. The fourth-order valence-corrected chi connectivity index (χ4v) is 3.68. The number of amides is 1. The van der Waals surface area contributed by atoms with Crippen LogP contribution in [-0.4, -0.2) is 42.9 Å². The van der Waals surface area contributed by atoms with Crippen molar-refractivity contribution in [2.75, 3.05) is 4.90 Å². The molecule has 0 saturated carbocycles. The van der Waals surface area contributed by atoms with Crippen molar-refractivity contribution >= 4 is 34.8 Å². The van der Waals surface area contributed by atoms with E-state index in [9.17, 15) is 39.8 Å². The Morgan fingerprint density at radius 1 is 1.03 bits per heavy atom. The van der Waals surface area contributed by atoms with E-state index < -0.39 is 45.7 Å². The first kappa shape index (κ1) is 22.1. The molecule has 1 amide bonds. The number of aliphatic hydroxyl groups excluding tert-OH is 1. The standard InChI is InChI=1S/C23H15N3O8/c27-17-9-8-14(11-15(17)23(31)32)25-19(12-4-6-13(7-5-12)26(33)34)18(21(29)22(25)30)20(28)16-3-1-2-10-24-16/h1-11,19,27-28H,(H,31,32)/b20-18-. The molecule has 1 saturated heterocycles. The van der Waals surface area contributed by atoms with Gasteiger partial charge >= 0.3 is 5.97 Å². The lowest BCUT2D eigenvalue weighted by Crippen LogP contribution is -2.29. The van der Waals surface area contributed by atoms with Gasteiger partial charge in [-0.15, -0.1) is 0 Å². The van der Waals surface area contributed by atoms with Crippen LogP contribution in [0.15, 0.2) is 72.4 Å². The number of hydrogen-bond donors (Lipinski definition) is 3. The molecule has 2 aromatic carbocycles. The molecule has 11 nitrogen and oxygen atoms in total. The lowest BCUT2D eigenvalue weighted by atomic mass is 9.96. The molecule has 1 atom stereocenters. The van der Waals surface area contributed by atoms with E-state index in [0.29, 0.717) is 0 Å². The molecule has 1 aliphatic heterocycles. The first-order valence-electron chi connectivity index (χ1n) is 9.73. The number of nitro groups is 1. The molecule has 0 radical (unpaired) electrons. The van der Waals surface area contributed by atoms with E-state index in [1.807, 2.05) is 0 Å². The van der Waals surface area contributed by atoms with Crippen LogP contribution in [-0.2, 0) is 9.59 Å². The molecule has 4 rings (SSSR count). The number of aromatic nitrogens is 1. The van der Waals surface area contributed by atoms with Crippen LogP contribution in [0.25, 0.3) is 5.76 Å². The maximum absolute atomic E-state index is 13.1. The van der Waals surface area contributed by atoms with E-state index in [4.69, 9.17) is 0 Å². The first-order valence-corrected chi connectivity index (χ1v) is 9.73. The highest BCUT2D eigenvalue weighted by molar-refractivity contribution is 6.51. The van der Waals surface area contributed by atoms with E-state index in [1.165, 1.54) is 42.6 Å². The van der Waals surface area contributed by atoms with Crippen LogP contribution in [0.2, 0.25) is 0 Å². The monoisotopic (exact) mass is 461 g/mol. The molecule has 1 aliphatic rings. The summed E-state index contributed by atoms with van der Waals surface area (Å²) < 4.78 is 0. The van der Waals surface area contributed by atoms with Crippen LogP contribution >= 0.6 is 0 Å². The fraction of sp³-hybridized carbons (Fsp3) is 0.0435. The van der Waals surface area contributed by atoms with Crippen LogP contribution in [0.5, 0.6) is 5.75 Å². The number of non-ortho nitro benzene ring substituents is 1. The van der Waals surface area contributed by atoms with Gasteiger partial charge in [0, 0.05) is 24.0 Å². The second-order valence-corrected chi connectivity index (χ2v) is 7.24. The minimum absolute atomic E-state index is 0.0179. The molecular formula is C23H15N3O8. The van der Waals surface area contributed by atoms with E-state index in [1.54, 1.807) is 12.1 Å². The molecule has 3 aromatic rings. The van der Waals surface area contributed by atoms with Gasteiger partial charge in [0.1, 0.15) is 17.0 Å². The Morgan fingerprint density at radius 2 is 1.74 bits per heavy atom. The number of nitrogens with zero attached hydrogens (tertiary/aromatic N) is 3. The van der Waals surface area contributed by atoms with Crippen LogP contribution in [0.3, 0.4) is 0 Å². The predicted octanol–water partition coefficient (Wildman–Crippen LogP) is 3.02. The van der Waals surface area contributed by atoms with Crippen LogP contribution in [0, 0.1) is 10.1 Å². The zero-order chi connectivity index (χ0) is 24.6. The third kappa shape index (κ3) is 3.71. The van der Waals surface area contributed by atoms with Crippen molar-refractivity contribution in [2.24, 2.45) is 0 Å². The number of aromatic hydroxyl groups is 1. The first-order chi connectivity index (χ1) is 16.2. The highest BCUT2D eigenvalue weighted by Gasteiger charge is 2.47. The van der Waals surface area contributed by atoms with Gasteiger partial charge < -0.3 is 15.3 Å². The minimum atomic E-state index is -1.46. The van der Waals surface area contributed by atoms with E-state index in [2.05, 4.69) is 4.98 Å². The van der Waals surface area contributed by atoms with Crippen molar-refractivity contribution in [2.45, 2.75) is 6.04 Å². The number of nitro benzene ring substituents is 1. The highest BCUT2D eigenvalue weighted by atomic mass is 16.6. The number of phenols is 1. The van der Waals surface area contributed by atoms with Gasteiger partial charge in [0.15, 0.2) is 5.76 Å². The summed E-state index contributed by atoms with van der Waals surface area (Å²) in [6.45, 7) is 0.